The van der Waals surface area contributed by atoms with Crippen LogP contribution in [0, 0.1) is 0 Å². The first kappa shape index (κ1) is 19.2. The van der Waals surface area contributed by atoms with Gasteiger partial charge in [-0.25, -0.2) is 0 Å². The minimum atomic E-state index is 0.379. The van der Waals surface area contributed by atoms with Gasteiger partial charge < -0.3 is 24.4 Å². The molecule has 1 N–H and O–H groups in total. The molecule has 0 aromatic carbocycles. The Morgan fingerprint density at radius 1 is 1.09 bits per heavy atom. The molecule has 1 fully saturated rings. The molecule has 1 aliphatic rings. The van der Waals surface area contributed by atoms with E-state index in [2.05, 4.69) is 22.1 Å². The second-order valence-corrected chi connectivity index (χ2v) is 5.49. The van der Waals surface area contributed by atoms with Crippen LogP contribution in [0.2, 0.25) is 0 Å². The Balaban J connectivity index is 2.29. The summed E-state index contributed by atoms with van der Waals surface area (Å²) >= 11 is 0. The number of ether oxygens (including phenoxy) is 3. The van der Waals surface area contributed by atoms with Gasteiger partial charge in [0.25, 0.3) is 0 Å². The van der Waals surface area contributed by atoms with Gasteiger partial charge in [0.05, 0.1) is 6.10 Å². The molecule has 0 unspecified atom stereocenters. The van der Waals surface area contributed by atoms with Crippen molar-refractivity contribution in [1.82, 2.24) is 10.2 Å². The summed E-state index contributed by atoms with van der Waals surface area (Å²) in [5, 5.41) is 3.38. The number of nitrogens with one attached hydrogen (secondary N) is 1. The smallest absolute Gasteiger partial charge is 0.193 e. The molecule has 0 aromatic rings. The number of guanidine groups is 1. The Kier molecular flexibility index (Phi) is 11.1. The zero-order valence-corrected chi connectivity index (χ0v) is 14.5. The van der Waals surface area contributed by atoms with Crippen molar-refractivity contribution < 1.29 is 14.2 Å². The van der Waals surface area contributed by atoms with Gasteiger partial charge in [-0.3, -0.25) is 4.99 Å². The van der Waals surface area contributed by atoms with Crippen LogP contribution in [0.3, 0.4) is 0 Å². The monoisotopic (exact) mass is 315 g/mol. The van der Waals surface area contributed by atoms with Crippen molar-refractivity contribution in [2.24, 2.45) is 4.99 Å². The summed E-state index contributed by atoms with van der Waals surface area (Å²) in [6, 6.07) is 0. The topological polar surface area (TPSA) is 55.3 Å². The first-order chi connectivity index (χ1) is 10.8. The summed E-state index contributed by atoms with van der Waals surface area (Å²) in [5.74, 6) is 1.02. The summed E-state index contributed by atoms with van der Waals surface area (Å²) in [6.07, 6.45) is 4.44. The van der Waals surface area contributed by atoms with Gasteiger partial charge in [-0.15, -0.1) is 0 Å². The summed E-state index contributed by atoms with van der Waals surface area (Å²) < 4.78 is 16.0. The Bertz CT molecular complexity index is 292. The van der Waals surface area contributed by atoms with Crippen molar-refractivity contribution in [2.45, 2.75) is 38.7 Å². The van der Waals surface area contributed by atoms with Crippen molar-refractivity contribution in [1.29, 1.82) is 0 Å². The molecule has 6 heteroatoms. The van der Waals surface area contributed by atoms with E-state index in [9.17, 15) is 0 Å². The molecular weight excluding hydrogens is 282 g/mol. The molecule has 0 aromatic heterocycles. The van der Waals surface area contributed by atoms with Crippen LogP contribution in [0.15, 0.2) is 4.99 Å². The fourth-order valence-corrected chi connectivity index (χ4v) is 2.51. The van der Waals surface area contributed by atoms with Crippen LogP contribution < -0.4 is 5.32 Å². The summed E-state index contributed by atoms with van der Waals surface area (Å²) in [7, 11) is 3.46. The second kappa shape index (κ2) is 12.7. The van der Waals surface area contributed by atoms with Gasteiger partial charge in [0.15, 0.2) is 5.96 Å². The van der Waals surface area contributed by atoms with Gasteiger partial charge in [-0.05, 0) is 32.6 Å². The van der Waals surface area contributed by atoms with E-state index in [1.807, 2.05) is 0 Å². The Morgan fingerprint density at radius 3 is 2.41 bits per heavy atom. The lowest BCUT2D eigenvalue weighted by atomic mass is 10.1. The van der Waals surface area contributed by atoms with E-state index in [0.717, 1.165) is 77.6 Å². The van der Waals surface area contributed by atoms with Crippen LogP contribution in [0.25, 0.3) is 0 Å². The van der Waals surface area contributed by atoms with Crippen molar-refractivity contribution in [3.8, 4) is 0 Å². The molecule has 1 heterocycles. The zero-order chi connectivity index (χ0) is 16.0. The van der Waals surface area contributed by atoms with Gasteiger partial charge in [-0.1, -0.05) is 0 Å². The molecule has 1 aliphatic heterocycles. The van der Waals surface area contributed by atoms with E-state index in [-0.39, 0.29) is 0 Å². The largest absolute Gasteiger partial charge is 0.385 e. The predicted octanol–water partition coefficient (Wildman–Crippen LogP) is 1.51. The molecule has 0 radical (unpaired) electrons. The standard InChI is InChI=1S/C16H33N3O3/c1-4-17-16(18-9-5-12-20-2)19-10-7-15(8-11-19)22-14-6-13-21-3/h15H,4-14H2,1-3H3,(H,17,18). The Morgan fingerprint density at radius 2 is 1.77 bits per heavy atom. The quantitative estimate of drug-likeness (QED) is 0.376. The van der Waals surface area contributed by atoms with Gasteiger partial charge in [0.1, 0.15) is 0 Å². The summed E-state index contributed by atoms with van der Waals surface area (Å²) in [5.41, 5.74) is 0. The number of nitrogens with zero attached hydrogens (tertiary/aromatic N) is 2. The first-order valence-electron chi connectivity index (χ1n) is 8.44. The van der Waals surface area contributed by atoms with E-state index >= 15 is 0 Å². The third-order valence-electron chi connectivity index (χ3n) is 3.69. The van der Waals surface area contributed by atoms with Crippen molar-refractivity contribution in [3.05, 3.63) is 0 Å². The number of likely N-dealkylation sites (tertiary alicyclic amines) is 1. The van der Waals surface area contributed by atoms with Crippen LogP contribution in [0.4, 0.5) is 0 Å². The van der Waals surface area contributed by atoms with E-state index in [1.165, 1.54) is 0 Å². The highest BCUT2D eigenvalue weighted by Gasteiger charge is 2.21. The number of methoxy groups -OCH3 is 2. The number of hydrogen-bond acceptors (Lipinski definition) is 4. The van der Waals surface area contributed by atoms with Gasteiger partial charge in [-0.2, -0.15) is 0 Å². The van der Waals surface area contributed by atoms with E-state index in [4.69, 9.17) is 14.2 Å². The maximum absolute atomic E-state index is 5.90. The lowest BCUT2D eigenvalue weighted by Crippen LogP contribution is -2.47. The molecule has 1 rings (SSSR count). The number of aliphatic imine (C=N–C) groups is 1. The average molecular weight is 315 g/mol. The van der Waals surface area contributed by atoms with E-state index < -0.39 is 0 Å². The molecule has 0 bridgehead atoms. The fourth-order valence-electron chi connectivity index (χ4n) is 2.51. The lowest BCUT2D eigenvalue weighted by Gasteiger charge is -2.34. The molecule has 0 aliphatic carbocycles. The SMILES string of the molecule is CCNC(=NCCCOC)N1CCC(OCCCOC)CC1. The molecule has 0 saturated carbocycles. The van der Waals surface area contributed by atoms with Gasteiger partial charge in [0, 0.05) is 60.2 Å². The molecule has 0 spiro atoms. The summed E-state index contributed by atoms with van der Waals surface area (Å²) in [6.45, 7) is 8.16. The maximum Gasteiger partial charge on any atom is 0.193 e. The fraction of sp³-hybridized carbons (Fsp3) is 0.938. The maximum atomic E-state index is 5.90. The van der Waals surface area contributed by atoms with Gasteiger partial charge in [0.2, 0.25) is 0 Å². The van der Waals surface area contributed by atoms with Crippen LogP contribution >= 0.6 is 0 Å². The molecule has 0 amide bonds. The molecule has 1 saturated heterocycles. The van der Waals surface area contributed by atoms with Crippen LogP contribution in [-0.4, -0.2) is 77.2 Å². The Labute approximate surface area is 135 Å². The highest BCUT2D eigenvalue weighted by atomic mass is 16.5. The third kappa shape index (κ3) is 7.96. The van der Waals surface area contributed by atoms with Crippen LogP contribution in [0.1, 0.15) is 32.6 Å². The predicted molar refractivity (Wildman–Crippen MR) is 89.5 cm³/mol. The summed E-state index contributed by atoms with van der Waals surface area (Å²) in [4.78, 5) is 7.02. The van der Waals surface area contributed by atoms with Gasteiger partial charge >= 0.3 is 0 Å². The first-order valence-corrected chi connectivity index (χ1v) is 8.44. The van der Waals surface area contributed by atoms with Crippen molar-refractivity contribution in [3.63, 3.8) is 0 Å². The highest BCUT2D eigenvalue weighted by molar-refractivity contribution is 5.80. The van der Waals surface area contributed by atoms with Crippen LogP contribution in [0.5, 0.6) is 0 Å². The van der Waals surface area contributed by atoms with Crippen LogP contribution in [-0.2, 0) is 14.2 Å². The molecule has 6 nitrogen and oxygen atoms in total. The number of hydrogen-bond donors (Lipinski definition) is 1. The minimum absolute atomic E-state index is 0.379. The van der Waals surface area contributed by atoms with E-state index in [0.29, 0.717) is 6.10 Å². The zero-order valence-electron chi connectivity index (χ0n) is 14.5. The Hall–Kier alpha value is -0.850. The van der Waals surface area contributed by atoms with Crippen molar-refractivity contribution in [2.75, 3.05) is 60.2 Å². The van der Waals surface area contributed by atoms with Crippen molar-refractivity contribution >= 4 is 5.96 Å². The molecule has 22 heavy (non-hydrogen) atoms. The lowest BCUT2D eigenvalue weighted by molar-refractivity contribution is 0.00990. The van der Waals surface area contributed by atoms with E-state index in [1.54, 1.807) is 14.2 Å². The molecule has 0 atom stereocenters. The number of rotatable bonds is 10. The second-order valence-electron chi connectivity index (χ2n) is 5.49. The normalized spacial score (nSPS) is 17.0. The third-order valence-corrected chi connectivity index (χ3v) is 3.69. The number of piperidine rings is 1. The molecular formula is C16H33N3O3. The average Bonchev–Trinajstić information content (AvgIpc) is 2.55. The minimum Gasteiger partial charge on any atom is -0.385 e. The molecule has 130 valence electrons. The highest BCUT2D eigenvalue weighted by Crippen LogP contribution is 2.14.